The molecule has 2 aromatic rings. The lowest BCUT2D eigenvalue weighted by Crippen LogP contribution is -2.27. The quantitative estimate of drug-likeness (QED) is 0.586. The summed E-state index contributed by atoms with van der Waals surface area (Å²) in [6.07, 6.45) is 4.75. The topological polar surface area (TPSA) is 33.2 Å². The summed E-state index contributed by atoms with van der Waals surface area (Å²) in [5.74, 6) is 0.0229. The third-order valence-electron chi connectivity index (χ3n) is 3.37. The van der Waals surface area contributed by atoms with Gasteiger partial charge in [0.25, 0.3) is 5.91 Å². The summed E-state index contributed by atoms with van der Waals surface area (Å²) in [4.78, 5) is 18.0. The second kappa shape index (κ2) is 7.93. The normalized spacial score (nSPS) is 10.4. The first-order valence-electron chi connectivity index (χ1n) is 7.08. The lowest BCUT2D eigenvalue weighted by molar-refractivity contribution is 0.0792. The number of aromatic nitrogens is 1. The molecule has 0 atom stereocenters. The van der Waals surface area contributed by atoms with Crippen LogP contribution in [0.3, 0.4) is 0 Å². The SMILES string of the molecule is CN(CCCCc1ccccc1)C(=O)c1ccc(Br)nc1. The lowest BCUT2D eigenvalue weighted by atomic mass is 10.1. The van der Waals surface area contributed by atoms with Crippen LogP contribution in [0.4, 0.5) is 0 Å². The number of halogens is 1. The van der Waals surface area contributed by atoms with Gasteiger partial charge in [0.15, 0.2) is 0 Å². The number of nitrogens with zero attached hydrogens (tertiary/aromatic N) is 2. The summed E-state index contributed by atoms with van der Waals surface area (Å²) >= 11 is 3.27. The zero-order chi connectivity index (χ0) is 15.1. The first-order chi connectivity index (χ1) is 10.2. The van der Waals surface area contributed by atoms with Crippen molar-refractivity contribution in [3.05, 3.63) is 64.4 Å². The molecule has 110 valence electrons. The highest BCUT2D eigenvalue weighted by Crippen LogP contribution is 2.09. The van der Waals surface area contributed by atoms with Crippen molar-refractivity contribution >= 4 is 21.8 Å². The molecule has 1 amide bonds. The third kappa shape index (κ3) is 4.97. The fraction of sp³-hybridized carbons (Fsp3) is 0.294. The van der Waals surface area contributed by atoms with Gasteiger partial charge in [-0.2, -0.15) is 0 Å². The highest BCUT2D eigenvalue weighted by Gasteiger charge is 2.11. The predicted molar refractivity (Wildman–Crippen MR) is 88.3 cm³/mol. The molecule has 0 aliphatic carbocycles. The zero-order valence-electron chi connectivity index (χ0n) is 12.1. The van der Waals surface area contributed by atoms with Gasteiger partial charge in [-0.05, 0) is 52.9 Å². The zero-order valence-corrected chi connectivity index (χ0v) is 13.7. The van der Waals surface area contributed by atoms with Crippen molar-refractivity contribution in [1.29, 1.82) is 0 Å². The van der Waals surface area contributed by atoms with Crippen LogP contribution in [0.15, 0.2) is 53.3 Å². The van der Waals surface area contributed by atoms with Crippen LogP contribution in [0.1, 0.15) is 28.8 Å². The number of aryl methyl sites for hydroxylation is 1. The Kier molecular flexibility index (Phi) is 5.93. The van der Waals surface area contributed by atoms with E-state index in [1.54, 1.807) is 23.2 Å². The molecule has 0 fully saturated rings. The predicted octanol–water partition coefficient (Wildman–Crippen LogP) is 3.94. The van der Waals surface area contributed by atoms with Crippen LogP contribution < -0.4 is 0 Å². The maximum atomic E-state index is 12.2. The number of carbonyl (C=O) groups is 1. The molecule has 21 heavy (non-hydrogen) atoms. The van der Waals surface area contributed by atoms with E-state index in [0.29, 0.717) is 5.56 Å². The van der Waals surface area contributed by atoms with Crippen molar-refractivity contribution in [2.24, 2.45) is 0 Å². The summed E-state index contributed by atoms with van der Waals surface area (Å²) < 4.78 is 0.740. The summed E-state index contributed by atoms with van der Waals surface area (Å²) in [5, 5.41) is 0. The number of carbonyl (C=O) groups excluding carboxylic acids is 1. The maximum absolute atomic E-state index is 12.2. The number of hydrogen-bond donors (Lipinski definition) is 0. The molecule has 0 bridgehead atoms. The number of benzene rings is 1. The van der Waals surface area contributed by atoms with Crippen LogP contribution in [-0.4, -0.2) is 29.4 Å². The molecule has 0 spiro atoms. The van der Waals surface area contributed by atoms with E-state index in [9.17, 15) is 4.79 Å². The van der Waals surface area contributed by atoms with Gasteiger partial charge in [0.05, 0.1) is 5.56 Å². The molecule has 2 rings (SSSR count). The van der Waals surface area contributed by atoms with E-state index < -0.39 is 0 Å². The largest absolute Gasteiger partial charge is 0.342 e. The molecule has 0 radical (unpaired) electrons. The molecule has 0 saturated heterocycles. The number of rotatable bonds is 6. The van der Waals surface area contributed by atoms with E-state index in [0.717, 1.165) is 30.4 Å². The Hall–Kier alpha value is -1.68. The van der Waals surface area contributed by atoms with Crippen LogP contribution in [0.25, 0.3) is 0 Å². The molecular formula is C17H19BrN2O. The van der Waals surface area contributed by atoms with E-state index in [-0.39, 0.29) is 5.91 Å². The molecule has 1 heterocycles. The Bertz CT molecular complexity index is 569. The number of pyridine rings is 1. The van der Waals surface area contributed by atoms with Gasteiger partial charge in [-0.3, -0.25) is 4.79 Å². The second-order valence-electron chi connectivity index (χ2n) is 5.04. The molecule has 1 aromatic heterocycles. The van der Waals surface area contributed by atoms with E-state index in [4.69, 9.17) is 0 Å². The van der Waals surface area contributed by atoms with E-state index in [1.165, 1.54) is 5.56 Å². The molecule has 0 saturated carbocycles. The average Bonchev–Trinajstić information content (AvgIpc) is 2.52. The van der Waals surface area contributed by atoms with Crippen molar-refractivity contribution in [2.75, 3.05) is 13.6 Å². The van der Waals surface area contributed by atoms with Gasteiger partial charge < -0.3 is 4.90 Å². The molecule has 0 aliphatic rings. The first-order valence-corrected chi connectivity index (χ1v) is 7.87. The molecular weight excluding hydrogens is 328 g/mol. The number of unbranched alkanes of at least 4 members (excludes halogenated alkanes) is 1. The minimum Gasteiger partial charge on any atom is -0.342 e. The van der Waals surface area contributed by atoms with Crippen LogP contribution in [-0.2, 0) is 6.42 Å². The summed E-state index contributed by atoms with van der Waals surface area (Å²) in [6, 6.07) is 14.0. The molecule has 0 aliphatic heterocycles. The Morgan fingerprint density at radius 2 is 1.90 bits per heavy atom. The van der Waals surface area contributed by atoms with Crippen LogP contribution >= 0.6 is 15.9 Å². The van der Waals surface area contributed by atoms with Crippen molar-refractivity contribution in [3.8, 4) is 0 Å². The lowest BCUT2D eigenvalue weighted by Gasteiger charge is -2.17. The average molecular weight is 347 g/mol. The van der Waals surface area contributed by atoms with Gasteiger partial charge in [-0.15, -0.1) is 0 Å². The smallest absolute Gasteiger partial charge is 0.255 e. The molecule has 0 unspecified atom stereocenters. The highest BCUT2D eigenvalue weighted by molar-refractivity contribution is 9.10. The summed E-state index contributed by atoms with van der Waals surface area (Å²) in [7, 11) is 1.84. The van der Waals surface area contributed by atoms with Crippen molar-refractivity contribution in [1.82, 2.24) is 9.88 Å². The van der Waals surface area contributed by atoms with E-state index >= 15 is 0 Å². The van der Waals surface area contributed by atoms with Gasteiger partial charge in [0.1, 0.15) is 4.60 Å². The second-order valence-corrected chi connectivity index (χ2v) is 5.85. The third-order valence-corrected chi connectivity index (χ3v) is 3.84. The molecule has 4 heteroatoms. The summed E-state index contributed by atoms with van der Waals surface area (Å²) in [5.41, 5.74) is 1.98. The Morgan fingerprint density at radius 1 is 1.14 bits per heavy atom. The van der Waals surface area contributed by atoms with Crippen molar-refractivity contribution in [2.45, 2.75) is 19.3 Å². The number of amides is 1. The summed E-state index contributed by atoms with van der Waals surface area (Å²) in [6.45, 7) is 0.766. The molecule has 3 nitrogen and oxygen atoms in total. The van der Waals surface area contributed by atoms with Gasteiger partial charge in [-0.1, -0.05) is 30.3 Å². The van der Waals surface area contributed by atoms with Gasteiger partial charge in [-0.25, -0.2) is 4.98 Å². The maximum Gasteiger partial charge on any atom is 0.255 e. The minimum atomic E-state index is 0.0229. The van der Waals surface area contributed by atoms with E-state index in [1.807, 2.05) is 13.1 Å². The van der Waals surface area contributed by atoms with Gasteiger partial charge >= 0.3 is 0 Å². The molecule has 0 N–H and O–H groups in total. The fourth-order valence-corrected chi connectivity index (χ4v) is 2.38. The standard InChI is InChI=1S/C17H19BrN2O/c1-20(17(21)15-10-11-16(18)19-13-15)12-6-5-9-14-7-3-2-4-8-14/h2-4,7-8,10-11,13H,5-6,9,12H2,1H3. The van der Waals surface area contributed by atoms with Crippen LogP contribution in [0.2, 0.25) is 0 Å². The first kappa shape index (κ1) is 15.7. The van der Waals surface area contributed by atoms with Gasteiger partial charge in [0, 0.05) is 19.8 Å². The van der Waals surface area contributed by atoms with Crippen molar-refractivity contribution in [3.63, 3.8) is 0 Å². The van der Waals surface area contributed by atoms with Crippen LogP contribution in [0.5, 0.6) is 0 Å². The van der Waals surface area contributed by atoms with Crippen molar-refractivity contribution < 1.29 is 4.79 Å². The van der Waals surface area contributed by atoms with E-state index in [2.05, 4.69) is 45.2 Å². The fourth-order valence-electron chi connectivity index (χ4n) is 2.15. The van der Waals surface area contributed by atoms with Gasteiger partial charge in [0.2, 0.25) is 0 Å². The Balaban J connectivity index is 1.75. The Labute approximate surface area is 134 Å². The van der Waals surface area contributed by atoms with Crippen LogP contribution in [0, 0.1) is 0 Å². The molecule has 1 aromatic carbocycles. The Morgan fingerprint density at radius 3 is 2.57 bits per heavy atom. The minimum absolute atomic E-state index is 0.0229. The number of hydrogen-bond acceptors (Lipinski definition) is 2. The monoisotopic (exact) mass is 346 g/mol. The highest BCUT2D eigenvalue weighted by atomic mass is 79.9.